The molecule has 5 heteroatoms. The van der Waals surface area contributed by atoms with Crippen molar-refractivity contribution in [3.63, 3.8) is 0 Å². The Kier molecular flexibility index (Phi) is 5.04. The first-order chi connectivity index (χ1) is 14.0. The fourth-order valence-electron chi connectivity index (χ4n) is 3.43. The van der Waals surface area contributed by atoms with Crippen molar-refractivity contribution in [2.24, 2.45) is 0 Å². The Balaban J connectivity index is 1.51. The maximum Gasteiger partial charge on any atom is 0.339 e. The van der Waals surface area contributed by atoms with Crippen molar-refractivity contribution in [3.8, 4) is 11.5 Å². The van der Waals surface area contributed by atoms with Crippen LogP contribution in [0.4, 0.5) is 0 Å². The lowest BCUT2D eigenvalue weighted by Crippen LogP contribution is -2.15. The SMILES string of the molecule is COc1ccc2c(C)c(CCC(=O)Oc3ccc4ccccc4c3)c(=O)oc2c1. The normalized spacial score (nSPS) is 11.0. The van der Waals surface area contributed by atoms with Gasteiger partial charge in [-0.15, -0.1) is 0 Å². The van der Waals surface area contributed by atoms with E-state index in [1.807, 2.05) is 55.5 Å². The fraction of sp³-hybridized carbons (Fsp3) is 0.167. The molecule has 1 aromatic heterocycles. The number of esters is 1. The van der Waals surface area contributed by atoms with Crippen molar-refractivity contribution < 1.29 is 18.7 Å². The molecule has 0 atom stereocenters. The lowest BCUT2D eigenvalue weighted by atomic mass is 10.0. The summed E-state index contributed by atoms with van der Waals surface area (Å²) in [7, 11) is 1.56. The summed E-state index contributed by atoms with van der Waals surface area (Å²) < 4.78 is 16.1. The largest absolute Gasteiger partial charge is 0.497 e. The molecule has 29 heavy (non-hydrogen) atoms. The van der Waals surface area contributed by atoms with Gasteiger partial charge >= 0.3 is 11.6 Å². The molecule has 4 aromatic rings. The molecule has 0 N–H and O–H groups in total. The van der Waals surface area contributed by atoms with Crippen LogP contribution in [0.25, 0.3) is 21.7 Å². The summed E-state index contributed by atoms with van der Waals surface area (Å²) in [6, 6.07) is 18.7. The van der Waals surface area contributed by atoms with Gasteiger partial charge in [0.25, 0.3) is 0 Å². The zero-order valence-corrected chi connectivity index (χ0v) is 16.2. The average molecular weight is 388 g/mol. The molecular weight excluding hydrogens is 368 g/mol. The van der Waals surface area contributed by atoms with Gasteiger partial charge in [0.1, 0.15) is 17.1 Å². The van der Waals surface area contributed by atoms with Gasteiger partial charge in [0.15, 0.2) is 0 Å². The van der Waals surface area contributed by atoms with Gasteiger partial charge in [-0.05, 0) is 53.9 Å². The molecule has 0 radical (unpaired) electrons. The number of ether oxygens (including phenoxy) is 2. The highest BCUT2D eigenvalue weighted by Gasteiger charge is 2.14. The molecule has 0 fully saturated rings. The molecule has 146 valence electrons. The molecule has 0 unspecified atom stereocenters. The predicted molar refractivity (Wildman–Crippen MR) is 112 cm³/mol. The minimum absolute atomic E-state index is 0.0834. The van der Waals surface area contributed by atoms with Crippen LogP contribution < -0.4 is 15.1 Å². The minimum atomic E-state index is -0.443. The molecule has 0 aliphatic heterocycles. The van der Waals surface area contributed by atoms with E-state index in [1.54, 1.807) is 19.2 Å². The van der Waals surface area contributed by atoms with Crippen molar-refractivity contribution in [2.75, 3.05) is 7.11 Å². The van der Waals surface area contributed by atoms with Gasteiger partial charge in [0, 0.05) is 17.0 Å². The molecule has 0 aliphatic carbocycles. The second-order valence-electron chi connectivity index (χ2n) is 6.84. The molecule has 3 aromatic carbocycles. The summed E-state index contributed by atoms with van der Waals surface area (Å²) in [6.45, 7) is 1.86. The van der Waals surface area contributed by atoms with Gasteiger partial charge in [-0.25, -0.2) is 4.79 Å². The van der Waals surface area contributed by atoms with Gasteiger partial charge in [-0.1, -0.05) is 30.3 Å². The van der Waals surface area contributed by atoms with Crippen molar-refractivity contribution in [1.29, 1.82) is 0 Å². The van der Waals surface area contributed by atoms with E-state index >= 15 is 0 Å². The Labute approximate surface area is 167 Å². The van der Waals surface area contributed by atoms with Crippen LogP contribution in [0.15, 0.2) is 69.9 Å². The van der Waals surface area contributed by atoms with E-state index in [9.17, 15) is 9.59 Å². The predicted octanol–water partition coefficient (Wildman–Crippen LogP) is 4.80. The van der Waals surface area contributed by atoms with Crippen molar-refractivity contribution in [3.05, 3.63) is 82.2 Å². The number of hydrogen-bond acceptors (Lipinski definition) is 5. The Hall–Kier alpha value is -3.60. The van der Waals surface area contributed by atoms with Crippen LogP contribution in [-0.2, 0) is 11.2 Å². The van der Waals surface area contributed by atoms with Crippen LogP contribution in [0.1, 0.15) is 17.5 Å². The lowest BCUT2D eigenvalue weighted by Gasteiger charge is -2.09. The highest BCUT2D eigenvalue weighted by Crippen LogP contribution is 2.25. The van der Waals surface area contributed by atoms with E-state index in [0.29, 0.717) is 22.6 Å². The molecule has 0 bridgehead atoms. The summed E-state index contributed by atoms with van der Waals surface area (Å²) in [5.41, 5.74) is 1.31. The van der Waals surface area contributed by atoms with E-state index in [0.717, 1.165) is 21.7 Å². The number of rotatable bonds is 5. The first kappa shape index (κ1) is 18.7. The van der Waals surface area contributed by atoms with Crippen molar-refractivity contribution in [1.82, 2.24) is 0 Å². The van der Waals surface area contributed by atoms with E-state index in [1.165, 1.54) is 0 Å². The molecule has 0 aliphatic rings. The summed E-state index contributed by atoms with van der Waals surface area (Å²) >= 11 is 0. The molecule has 1 heterocycles. The fourth-order valence-corrected chi connectivity index (χ4v) is 3.43. The first-order valence-electron chi connectivity index (χ1n) is 9.35. The highest BCUT2D eigenvalue weighted by atomic mass is 16.5. The standard InChI is InChI=1S/C24H20O5/c1-15-20-10-9-18(27-2)14-22(20)29-24(26)21(15)11-12-23(25)28-19-8-7-16-5-3-4-6-17(16)13-19/h3-10,13-14H,11-12H2,1-2H3. The Morgan fingerprint density at radius 3 is 2.52 bits per heavy atom. The van der Waals surface area contributed by atoms with E-state index in [-0.39, 0.29) is 12.8 Å². The van der Waals surface area contributed by atoms with Crippen molar-refractivity contribution in [2.45, 2.75) is 19.8 Å². The average Bonchev–Trinajstić information content (AvgIpc) is 2.73. The van der Waals surface area contributed by atoms with Crippen LogP contribution >= 0.6 is 0 Å². The third kappa shape index (κ3) is 3.85. The van der Waals surface area contributed by atoms with Gasteiger partial charge in [-0.2, -0.15) is 0 Å². The van der Waals surface area contributed by atoms with E-state index in [4.69, 9.17) is 13.9 Å². The first-order valence-corrected chi connectivity index (χ1v) is 9.35. The summed E-state index contributed by atoms with van der Waals surface area (Å²) in [4.78, 5) is 24.7. The molecular formula is C24H20O5. The monoisotopic (exact) mass is 388 g/mol. The number of carbonyl (C=O) groups is 1. The van der Waals surface area contributed by atoms with Gasteiger partial charge in [0.2, 0.25) is 0 Å². The van der Waals surface area contributed by atoms with Crippen molar-refractivity contribution >= 4 is 27.7 Å². The molecule has 0 saturated heterocycles. The third-order valence-electron chi connectivity index (χ3n) is 5.03. The van der Waals surface area contributed by atoms with Crippen LogP contribution in [0, 0.1) is 6.92 Å². The number of benzene rings is 3. The van der Waals surface area contributed by atoms with E-state index in [2.05, 4.69) is 0 Å². The summed E-state index contributed by atoms with van der Waals surface area (Å²) in [5, 5.41) is 2.90. The lowest BCUT2D eigenvalue weighted by molar-refractivity contribution is -0.134. The quantitative estimate of drug-likeness (QED) is 0.279. The maximum atomic E-state index is 12.4. The number of hydrogen-bond donors (Lipinski definition) is 0. The second kappa shape index (κ2) is 7.80. The number of methoxy groups -OCH3 is 1. The smallest absolute Gasteiger partial charge is 0.339 e. The van der Waals surface area contributed by atoms with E-state index < -0.39 is 11.6 Å². The van der Waals surface area contributed by atoms with Gasteiger partial charge in [-0.3, -0.25) is 4.79 Å². The number of aryl methyl sites for hydroxylation is 1. The van der Waals surface area contributed by atoms with Gasteiger partial charge < -0.3 is 13.9 Å². The molecule has 0 amide bonds. The molecule has 0 spiro atoms. The number of carbonyl (C=O) groups excluding carboxylic acids is 1. The summed E-state index contributed by atoms with van der Waals surface area (Å²) in [6.07, 6.45) is 0.336. The Morgan fingerprint density at radius 1 is 0.966 bits per heavy atom. The second-order valence-corrected chi connectivity index (χ2v) is 6.84. The van der Waals surface area contributed by atoms with Gasteiger partial charge in [0.05, 0.1) is 13.5 Å². The van der Waals surface area contributed by atoms with Crippen LogP contribution in [0.2, 0.25) is 0 Å². The molecule has 5 nitrogen and oxygen atoms in total. The van der Waals surface area contributed by atoms with Crippen LogP contribution in [0.3, 0.4) is 0 Å². The molecule has 4 rings (SSSR count). The minimum Gasteiger partial charge on any atom is -0.497 e. The zero-order valence-electron chi connectivity index (χ0n) is 16.2. The number of fused-ring (bicyclic) bond motifs is 2. The Morgan fingerprint density at radius 2 is 1.72 bits per heavy atom. The topological polar surface area (TPSA) is 65.7 Å². The molecule has 0 saturated carbocycles. The Bertz CT molecular complexity index is 1270. The summed E-state index contributed by atoms with van der Waals surface area (Å²) in [5.74, 6) is 0.712. The maximum absolute atomic E-state index is 12.4. The van der Waals surface area contributed by atoms with Crippen LogP contribution in [-0.4, -0.2) is 13.1 Å². The highest BCUT2D eigenvalue weighted by molar-refractivity contribution is 5.85. The zero-order chi connectivity index (χ0) is 20.4. The van der Waals surface area contributed by atoms with Crippen LogP contribution in [0.5, 0.6) is 11.5 Å². The third-order valence-corrected chi connectivity index (χ3v) is 5.03.